The standard InChI is InChI=1S/C30H31N5O2.ClH/c36-30(22-7-2-1-3-8-22)13-17-34(18-14-30)15-6-16-35-26-10-5-4-9-23(26)24-19-25(31-20-27(24)35)29-32-28(33-37-29)21-11-12-21;/h1-5,7-10,19-21,36H,6,11-18H2;1H. The third kappa shape index (κ3) is 4.59. The predicted octanol–water partition coefficient (Wildman–Crippen LogP) is 5.91. The number of halogens is 1. The van der Waals surface area contributed by atoms with Gasteiger partial charge in [0.15, 0.2) is 5.82 Å². The molecule has 8 heteroatoms. The number of pyridine rings is 1. The number of nitrogens with zero attached hydrogens (tertiary/aromatic N) is 5. The minimum Gasteiger partial charge on any atom is -0.385 e. The van der Waals surface area contributed by atoms with Gasteiger partial charge in [0.25, 0.3) is 5.89 Å². The van der Waals surface area contributed by atoms with E-state index in [0.29, 0.717) is 11.8 Å². The molecule has 0 amide bonds. The van der Waals surface area contributed by atoms with Crippen molar-refractivity contribution < 1.29 is 9.63 Å². The molecule has 0 radical (unpaired) electrons. The average molecular weight is 530 g/mol. The summed E-state index contributed by atoms with van der Waals surface area (Å²) in [5.74, 6) is 1.76. The van der Waals surface area contributed by atoms with E-state index in [1.807, 2.05) is 36.5 Å². The average Bonchev–Trinajstić information content (AvgIpc) is 3.60. The molecule has 0 unspecified atom stereocenters. The van der Waals surface area contributed by atoms with E-state index >= 15 is 0 Å². The van der Waals surface area contributed by atoms with Crippen molar-refractivity contribution in [1.82, 2.24) is 24.6 Å². The van der Waals surface area contributed by atoms with E-state index in [-0.39, 0.29) is 12.4 Å². The molecule has 3 aromatic heterocycles. The van der Waals surface area contributed by atoms with Gasteiger partial charge in [0, 0.05) is 41.8 Å². The Morgan fingerprint density at radius 2 is 1.68 bits per heavy atom. The molecule has 2 aromatic carbocycles. The van der Waals surface area contributed by atoms with Crippen LogP contribution in [0.5, 0.6) is 0 Å². The highest BCUT2D eigenvalue weighted by molar-refractivity contribution is 6.08. The van der Waals surface area contributed by atoms with Crippen LogP contribution in [0.1, 0.15) is 49.4 Å². The van der Waals surface area contributed by atoms with Crippen LogP contribution in [0.15, 0.2) is 71.4 Å². The molecule has 0 bridgehead atoms. The smallest absolute Gasteiger partial charge is 0.276 e. The lowest BCUT2D eigenvalue weighted by atomic mass is 9.84. The largest absolute Gasteiger partial charge is 0.385 e. The Bertz CT molecular complexity index is 1550. The van der Waals surface area contributed by atoms with E-state index in [1.54, 1.807) is 0 Å². The molecule has 2 aliphatic rings. The van der Waals surface area contributed by atoms with E-state index in [1.165, 1.54) is 10.9 Å². The van der Waals surface area contributed by atoms with Crippen LogP contribution in [-0.4, -0.2) is 49.3 Å². The molecule has 196 valence electrons. The Balaban J connectivity index is 0.00000264. The third-order valence-electron chi connectivity index (χ3n) is 8.11. The summed E-state index contributed by atoms with van der Waals surface area (Å²) in [4.78, 5) is 11.8. The summed E-state index contributed by atoms with van der Waals surface area (Å²) < 4.78 is 7.93. The van der Waals surface area contributed by atoms with E-state index in [2.05, 4.69) is 49.9 Å². The molecular formula is C30H32ClN5O2. The second-order valence-corrected chi connectivity index (χ2v) is 10.6. The van der Waals surface area contributed by atoms with Crippen LogP contribution in [-0.2, 0) is 12.1 Å². The lowest BCUT2D eigenvalue weighted by Crippen LogP contribution is -2.43. The highest BCUT2D eigenvalue weighted by Crippen LogP contribution is 2.39. The number of aromatic nitrogens is 4. The number of hydrogen-bond acceptors (Lipinski definition) is 6. The highest BCUT2D eigenvalue weighted by Gasteiger charge is 2.33. The van der Waals surface area contributed by atoms with E-state index < -0.39 is 5.60 Å². The monoisotopic (exact) mass is 529 g/mol. The molecule has 1 N–H and O–H groups in total. The van der Waals surface area contributed by atoms with Crippen molar-refractivity contribution in [3.05, 3.63) is 78.2 Å². The molecule has 7 nitrogen and oxygen atoms in total. The third-order valence-corrected chi connectivity index (χ3v) is 8.11. The summed E-state index contributed by atoms with van der Waals surface area (Å²) >= 11 is 0. The van der Waals surface area contributed by atoms with Gasteiger partial charge < -0.3 is 19.1 Å². The topological polar surface area (TPSA) is 80.2 Å². The molecule has 38 heavy (non-hydrogen) atoms. The van der Waals surface area contributed by atoms with Gasteiger partial charge in [-0.15, -0.1) is 12.4 Å². The van der Waals surface area contributed by atoms with Crippen LogP contribution in [0.25, 0.3) is 33.4 Å². The van der Waals surface area contributed by atoms with Gasteiger partial charge in [0.1, 0.15) is 5.69 Å². The second kappa shape index (κ2) is 10.1. The minimum atomic E-state index is -0.703. The van der Waals surface area contributed by atoms with Crippen molar-refractivity contribution in [2.75, 3.05) is 19.6 Å². The Hall–Kier alpha value is -3.26. The SMILES string of the molecule is Cl.OC1(c2ccccc2)CCN(CCCn2c3ccccc3c3cc(-c4nc(C5CC5)no4)ncc32)CC1. The number of piperidine rings is 1. The van der Waals surface area contributed by atoms with Crippen LogP contribution < -0.4 is 0 Å². The highest BCUT2D eigenvalue weighted by atomic mass is 35.5. The molecule has 4 heterocycles. The van der Waals surface area contributed by atoms with Crippen molar-refractivity contribution in [3.63, 3.8) is 0 Å². The Morgan fingerprint density at radius 1 is 0.921 bits per heavy atom. The predicted molar refractivity (Wildman–Crippen MR) is 150 cm³/mol. The van der Waals surface area contributed by atoms with Gasteiger partial charge in [0.2, 0.25) is 0 Å². The molecule has 2 fully saturated rings. The number of likely N-dealkylation sites (tertiary alicyclic amines) is 1. The first-order chi connectivity index (χ1) is 18.2. The molecular weight excluding hydrogens is 498 g/mol. The summed E-state index contributed by atoms with van der Waals surface area (Å²) in [6.45, 7) is 3.75. The molecule has 7 rings (SSSR count). The van der Waals surface area contributed by atoms with Crippen LogP contribution in [0.2, 0.25) is 0 Å². The summed E-state index contributed by atoms with van der Waals surface area (Å²) in [5, 5.41) is 17.7. The molecule has 0 atom stereocenters. The maximum absolute atomic E-state index is 11.2. The molecule has 1 aliphatic carbocycles. The molecule has 1 saturated carbocycles. The molecule has 5 aromatic rings. The van der Waals surface area contributed by atoms with Crippen LogP contribution in [0.3, 0.4) is 0 Å². The lowest BCUT2D eigenvalue weighted by Gasteiger charge is -2.38. The van der Waals surface area contributed by atoms with Crippen LogP contribution >= 0.6 is 12.4 Å². The van der Waals surface area contributed by atoms with Crippen LogP contribution in [0.4, 0.5) is 0 Å². The fourth-order valence-electron chi connectivity index (χ4n) is 5.79. The summed E-state index contributed by atoms with van der Waals surface area (Å²) in [6, 6.07) is 20.8. The van der Waals surface area contributed by atoms with Crippen molar-refractivity contribution in [1.29, 1.82) is 0 Å². The zero-order valence-electron chi connectivity index (χ0n) is 21.3. The first-order valence-electron chi connectivity index (χ1n) is 13.4. The van der Waals surface area contributed by atoms with Crippen molar-refractivity contribution in [3.8, 4) is 11.6 Å². The number of benzene rings is 2. The van der Waals surface area contributed by atoms with E-state index in [4.69, 9.17) is 9.51 Å². The zero-order valence-corrected chi connectivity index (χ0v) is 22.1. The molecule has 0 spiro atoms. The van der Waals surface area contributed by atoms with Gasteiger partial charge >= 0.3 is 0 Å². The minimum absolute atomic E-state index is 0. The number of hydrogen-bond donors (Lipinski definition) is 1. The summed E-state index contributed by atoms with van der Waals surface area (Å²) in [5.41, 5.74) is 3.41. The number of para-hydroxylation sites is 1. The maximum atomic E-state index is 11.2. The fraction of sp³-hybridized carbons (Fsp3) is 0.367. The lowest BCUT2D eigenvalue weighted by molar-refractivity contribution is -0.0261. The normalized spacial score (nSPS) is 17.6. The fourth-order valence-corrected chi connectivity index (χ4v) is 5.79. The van der Waals surface area contributed by atoms with Gasteiger partial charge in [-0.3, -0.25) is 0 Å². The first kappa shape index (κ1) is 25.0. The number of rotatable bonds is 7. The van der Waals surface area contributed by atoms with Crippen molar-refractivity contribution >= 4 is 34.2 Å². The van der Waals surface area contributed by atoms with Crippen molar-refractivity contribution in [2.45, 2.75) is 50.2 Å². The maximum Gasteiger partial charge on any atom is 0.276 e. The quantitative estimate of drug-likeness (QED) is 0.282. The second-order valence-electron chi connectivity index (χ2n) is 10.6. The van der Waals surface area contributed by atoms with Gasteiger partial charge in [-0.1, -0.05) is 53.7 Å². The van der Waals surface area contributed by atoms with Crippen molar-refractivity contribution in [2.24, 2.45) is 0 Å². The molecule has 1 saturated heterocycles. The number of aliphatic hydroxyl groups is 1. The van der Waals surface area contributed by atoms with Gasteiger partial charge in [-0.05, 0) is 56.3 Å². The van der Waals surface area contributed by atoms with E-state index in [0.717, 1.165) is 86.3 Å². The van der Waals surface area contributed by atoms with Gasteiger partial charge in [-0.2, -0.15) is 4.98 Å². The Kier molecular flexibility index (Phi) is 6.68. The van der Waals surface area contributed by atoms with Gasteiger partial charge in [-0.25, -0.2) is 4.98 Å². The first-order valence-corrected chi connectivity index (χ1v) is 13.4. The van der Waals surface area contributed by atoms with E-state index in [9.17, 15) is 5.11 Å². The number of fused-ring (bicyclic) bond motifs is 3. The summed E-state index contributed by atoms with van der Waals surface area (Å²) in [6.07, 6.45) is 6.82. The Labute approximate surface area is 227 Å². The Morgan fingerprint density at radius 3 is 2.47 bits per heavy atom. The molecule has 1 aliphatic heterocycles. The van der Waals surface area contributed by atoms with Crippen LogP contribution in [0, 0.1) is 0 Å². The van der Waals surface area contributed by atoms with Gasteiger partial charge in [0.05, 0.1) is 17.3 Å². The summed E-state index contributed by atoms with van der Waals surface area (Å²) in [7, 11) is 0. The number of aryl methyl sites for hydroxylation is 1. The zero-order chi connectivity index (χ0) is 24.8.